The van der Waals surface area contributed by atoms with Gasteiger partial charge in [0.05, 0.1) is 12.3 Å². The number of nitrogens with one attached hydrogen (secondary N) is 1. The first-order valence-corrected chi connectivity index (χ1v) is 6.56. The minimum Gasteiger partial charge on any atom is -0.462 e. The summed E-state index contributed by atoms with van der Waals surface area (Å²) >= 11 is 0. The van der Waals surface area contributed by atoms with Gasteiger partial charge in [-0.25, -0.2) is 14.6 Å². The van der Waals surface area contributed by atoms with E-state index in [9.17, 15) is 14.4 Å². The molecule has 0 atom stereocenters. The van der Waals surface area contributed by atoms with Crippen LogP contribution in [0.2, 0.25) is 0 Å². The fourth-order valence-electron chi connectivity index (χ4n) is 2.07. The Kier molecular flexibility index (Phi) is 3.34. The summed E-state index contributed by atoms with van der Waals surface area (Å²) in [5.41, 5.74) is -0.543. The summed E-state index contributed by atoms with van der Waals surface area (Å²) < 4.78 is 7.75. The molecule has 0 aliphatic rings. The highest BCUT2D eigenvalue weighted by Crippen LogP contribution is 2.09. The molecule has 0 fully saturated rings. The van der Waals surface area contributed by atoms with E-state index in [4.69, 9.17) is 4.74 Å². The van der Waals surface area contributed by atoms with Gasteiger partial charge in [0.2, 0.25) is 0 Å². The Balaban J connectivity index is 2.17. The number of pyridine rings is 1. The Bertz CT molecular complexity index is 967. The number of fused-ring (bicyclic) bond motifs is 1. The molecule has 0 bridgehead atoms. The summed E-state index contributed by atoms with van der Waals surface area (Å²) in [6, 6.07) is 3.33. The minimum atomic E-state index is -0.778. The number of esters is 1. The number of nitrogens with zero attached hydrogens (tertiary/aromatic N) is 3. The van der Waals surface area contributed by atoms with Crippen molar-refractivity contribution in [2.24, 2.45) is 0 Å². The molecule has 0 radical (unpaired) electrons. The average Bonchev–Trinajstić information content (AvgIpc) is 2.95. The smallest absolute Gasteiger partial charge is 0.345 e. The predicted molar refractivity (Wildman–Crippen MR) is 77.4 cm³/mol. The summed E-state index contributed by atoms with van der Waals surface area (Å²) in [6.45, 7) is 1.77. The normalized spacial score (nSPS) is 10.8. The van der Waals surface area contributed by atoms with Gasteiger partial charge in [0.25, 0.3) is 5.56 Å². The van der Waals surface area contributed by atoms with Gasteiger partial charge >= 0.3 is 11.7 Å². The Labute approximate surface area is 123 Å². The van der Waals surface area contributed by atoms with Gasteiger partial charge in [0, 0.05) is 30.9 Å². The zero-order valence-corrected chi connectivity index (χ0v) is 11.6. The van der Waals surface area contributed by atoms with Gasteiger partial charge in [0.15, 0.2) is 0 Å². The summed E-state index contributed by atoms with van der Waals surface area (Å²) in [5.74, 6) is -0.778. The third kappa shape index (κ3) is 2.30. The van der Waals surface area contributed by atoms with Crippen molar-refractivity contribution < 1.29 is 9.53 Å². The van der Waals surface area contributed by atoms with Crippen molar-refractivity contribution in [2.75, 3.05) is 6.61 Å². The number of rotatable bonds is 3. The van der Waals surface area contributed by atoms with E-state index in [0.29, 0.717) is 11.3 Å². The van der Waals surface area contributed by atoms with Crippen molar-refractivity contribution in [2.45, 2.75) is 6.92 Å². The molecule has 1 N–H and O–H groups in total. The summed E-state index contributed by atoms with van der Waals surface area (Å²) in [5, 5.41) is 0. The molecule has 0 unspecified atom stereocenters. The van der Waals surface area contributed by atoms with Crippen LogP contribution in [-0.2, 0) is 4.74 Å². The second kappa shape index (κ2) is 5.32. The SMILES string of the molecule is CCOC(=O)c1cn(-c2ccn3ccnc3c2)c(=O)[nH]c1=O. The first-order chi connectivity index (χ1) is 10.6. The number of hydrogen-bond donors (Lipinski definition) is 1. The molecule has 0 aliphatic heterocycles. The lowest BCUT2D eigenvalue weighted by molar-refractivity contribution is 0.0523. The molecule has 8 heteroatoms. The molecule has 8 nitrogen and oxygen atoms in total. The first-order valence-electron chi connectivity index (χ1n) is 6.56. The van der Waals surface area contributed by atoms with Crippen molar-refractivity contribution in [1.82, 2.24) is 18.9 Å². The maximum atomic E-state index is 12.0. The Morgan fingerprint density at radius 2 is 2.18 bits per heavy atom. The van der Waals surface area contributed by atoms with Gasteiger partial charge in [-0.3, -0.25) is 14.3 Å². The highest BCUT2D eigenvalue weighted by atomic mass is 16.5. The van der Waals surface area contributed by atoms with Crippen LogP contribution in [0.5, 0.6) is 0 Å². The van der Waals surface area contributed by atoms with Gasteiger partial charge < -0.3 is 9.14 Å². The Hall–Kier alpha value is -3.16. The molecular weight excluding hydrogens is 288 g/mol. The van der Waals surface area contributed by atoms with E-state index in [1.165, 1.54) is 10.8 Å². The summed E-state index contributed by atoms with van der Waals surface area (Å²) in [6.07, 6.45) is 6.28. The molecule has 0 saturated carbocycles. The average molecular weight is 300 g/mol. The van der Waals surface area contributed by atoms with Crippen molar-refractivity contribution >= 4 is 11.6 Å². The van der Waals surface area contributed by atoms with Crippen LogP contribution < -0.4 is 11.2 Å². The van der Waals surface area contributed by atoms with Crippen LogP contribution in [0.3, 0.4) is 0 Å². The molecule has 0 amide bonds. The lowest BCUT2D eigenvalue weighted by atomic mass is 10.3. The predicted octanol–water partition coefficient (Wildman–Crippen LogP) is 0.350. The molecule has 3 heterocycles. The number of hydrogen-bond acceptors (Lipinski definition) is 5. The third-order valence-electron chi connectivity index (χ3n) is 3.10. The number of carbonyl (C=O) groups is 1. The first kappa shape index (κ1) is 13.8. The molecular formula is C14H12N4O4. The van der Waals surface area contributed by atoms with Crippen LogP contribution in [0.1, 0.15) is 17.3 Å². The molecule has 0 spiro atoms. The summed E-state index contributed by atoms with van der Waals surface area (Å²) in [7, 11) is 0. The maximum Gasteiger partial charge on any atom is 0.345 e. The lowest BCUT2D eigenvalue weighted by Gasteiger charge is -2.07. The second-order valence-corrected chi connectivity index (χ2v) is 4.47. The number of ether oxygens (including phenoxy) is 1. The molecule has 112 valence electrons. The highest BCUT2D eigenvalue weighted by Gasteiger charge is 2.15. The van der Waals surface area contributed by atoms with Crippen molar-refractivity contribution in [1.29, 1.82) is 0 Å². The van der Waals surface area contributed by atoms with Gasteiger partial charge in [-0.05, 0) is 13.0 Å². The van der Waals surface area contributed by atoms with Crippen LogP contribution in [0.25, 0.3) is 11.3 Å². The molecule has 22 heavy (non-hydrogen) atoms. The zero-order chi connectivity index (χ0) is 15.7. The quantitative estimate of drug-likeness (QED) is 0.704. The van der Waals surface area contributed by atoms with Crippen LogP contribution in [0.15, 0.2) is 46.5 Å². The number of H-pyrrole nitrogens is 1. The number of aromatic nitrogens is 4. The maximum absolute atomic E-state index is 12.0. The number of imidazole rings is 1. The molecule has 0 aromatic carbocycles. The monoisotopic (exact) mass is 300 g/mol. The number of carbonyl (C=O) groups excluding carboxylic acids is 1. The van der Waals surface area contributed by atoms with Crippen LogP contribution in [0.4, 0.5) is 0 Å². The van der Waals surface area contributed by atoms with E-state index in [-0.39, 0.29) is 12.2 Å². The zero-order valence-electron chi connectivity index (χ0n) is 11.6. The fourth-order valence-corrected chi connectivity index (χ4v) is 2.07. The van der Waals surface area contributed by atoms with E-state index in [1.807, 2.05) is 0 Å². The van der Waals surface area contributed by atoms with Gasteiger partial charge in [-0.2, -0.15) is 0 Å². The highest BCUT2D eigenvalue weighted by molar-refractivity contribution is 5.88. The van der Waals surface area contributed by atoms with Crippen LogP contribution >= 0.6 is 0 Å². The largest absolute Gasteiger partial charge is 0.462 e. The lowest BCUT2D eigenvalue weighted by Crippen LogP contribution is -2.33. The van der Waals surface area contributed by atoms with E-state index in [0.717, 1.165) is 0 Å². The standard InChI is InChI=1S/C14H12N4O4/c1-2-22-13(20)10-8-18(14(21)16-12(10)19)9-3-5-17-6-4-15-11(17)7-9/h3-8H,2H2,1H3,(H,16,19,21). The molecule has 3 rings (SSSR count). The second-order valence-electron chi connectivity index (χ2n) is 4.47. The molecule has 0 aliphatic carbocycles. The molecule has 0 saturated heterocycles. The minimum absolute atomic E-state index is 0.136. The van der Waals surface area contributed by atoms with Gasteiger partial charge in [-0.1, -0.05) is 0 Å². The Morgan fingerprint density at radius 3 is 2.95 bits per heavy atom. The fraction of sp³-hybridized carbons (Fsp3) is 0.143. The molecule has 3 aromatic rings. The van der Waals surface area contributed by atoms with E-state index >= 15 is 0 Å². The van der Waals surface area contributed by atoms with Crippen molar-refractivity contribution in [3.63, 3.8) is 0 Å². The van der Waals surface area contributed by atoms with E-state index in [2.05, 4.69) is 9.97 Å². The molecule has 3 aromatic heterocycles. The van der Waals surface area contributed by atoms with Gasteiger partial charge in [0.1, 0.15) is 11.2 Å². The van der Waals surface area contributed by atoms with E-state index in [1.54, 1.807) is 42.0 Å². The van der Waals surface area contributed by atoms with E-state index < -0.39 is 17.2 Å². The number of aromatic amines is 1. The third-order valence-corrected chi connectivity index (χ3v) is 3.10. The van der Waals surface area contributed by atoms with Crippen molar-refractivity contribution in [3.8, 4) is 5.69 Å². The van der Waals surface area contributed by atoms with Crippen molar-refractivity contribution in [3.05, 3.63) is 63.3 Å². The Morgan fingerprint density at radius 1 is 1.36 bits per heavy atom. The van der Waals surface area contributed by atoms with Crippen LogP contribution in [0, 0.1) is 0 Å². The summed E-state index contributed by atoms with van der Waals surface area (Å²) in [4.78, 5) is 41.7. The topological polar surface area (TPSA) is 98.5 Å². The van der Waals surface area contributed by atoms with Crippen LogP contribution in [-0.4, -0.2) is 31.5 Å². The van der Waals surface area contributed by atoms with Gasteiger partial charge in [-0.15, -0.1) is 0 Å².